The molecule has 1 N–H and O–H groups in total. The fraction of sp³-hybridized carbons (Fsp3) is 0.176. The van der Waals surface area contributed by atoms with Gasteiger partial charge in [0.2, 0.25) is 0 Å². The average Bonchev–Trinajstić information content (AvgIpc) is 2.57. The van der Waals surface area contributed by atoms with E-state index in [1.807, 2.05) is 6.92 Å². The summed E-state index contributed by atoms with van der Waals surface area (Å²) in [6.07, 6.45) is 0. The Hall–Kier alpha value is -2.60. The number of anilines is 1. The highest BCUT2D eigenvalue weighted by molar-refractivity contribution is 6.30. The van der Waals surface area contributed by atoms with Gasteiger partial charge in [-0.3, -0.25) is 4.79 Å². The van der Waals surface area contributed by atoms with E-state index in [2.05, 4.69) is 5.32 Å². The van der Waals surface area contributed by atoms with E-state index in [0.29, 0.717) is 18.0 Å². The second-order valence-electron chi connectivity index (χ2n) is 4.68. The number of hydrogen-bond acceptors (Lipinski definition) is 4. The van der Waals surface area contributed by atoms with Gasteiger partial charge in [0.1, 0.15) is 11.6 Å². The molecule has 0 aromatic heterocycles. The quantitative estimate of drug-likeness (QED) is 0.806. The van der Waals surface area contributed by atoms with Crippen molar-refractivity contribution in [3.05, 3.63) is 58.9 Å². The predicted molar refractivity (Wildman–Crippen MR) is 87.9 cm³/mol. The van der Waals surface area contributed by atoms with Gasteiger partial charge in [-0.25, -0.2) is 9.18 Å². The normalized spacial score (nSPS) is 10.1. The lowest BCUT2D eigenvalue weighted by Gasteiger charge is -2.11. The molecule has 2 rings (SSSR count). The molecule has 0 aliphatic heterocycles. The van der Waals surface area contributed by atoms with Gasteiger partial charge in [0.15, 0.2) is 6.61 Å². The number of para-hydroxylation sites is 2. The van der Waals surface area contributed by atoms with Crippen molar-refractivity contribution >= 4 is 29.2 Å². The van der Waals surface area contributed by atoms with Crippen LogP contribution in [-0.4, -0.2) is 25.1 Å². The Labute approximate surface area is 143 Å². The SMILES string of the molecule is CCOc1ccccc1NC(=O)COC(=O)c1cc(Cl)ccc1F. The molecule has 1 amide bonds. The van der Waals surface area contributed by atoms with Crippen molar-refractivity contribution in [2.75, 3.05) is 18.5 Å². The molecule has 0 radical (unpaired) electrons. The second kappa shape index (κ2) is 8.31. The Bertz CT molecular complexity index is 751. The van der Waals surface area contributed by atoms with Crippen molar-refractivity contribution < 1.29 is 23.5 Å². The van der Waals surface area contributed by atoms with Crippen LogP contribution in [0.2, 0.25) is 5.02 Å². The van der Waals surface area contributed by atoms with E-state index in [4.69, 9.17) is 21.1 Å². The first-order valence-corrected chi connectivity index (χ1v) is 7.53. The van der Waals surface area contributed by atoms with Crippen LogP contribution in [0.5, 0.6) is 5.75 Å². The monoisotopic (exact) mass is 351 g/mol. The first kappa shape index (κ1) is 17.7. The lowest BCUT2D eigenvalue weighted by Crippen LogP contribution is -2.21. The van der Waals surface area contributed by atoms with Gasteiger partial charge in [-0.15, -0.1) is 0 Å². The molecule has 2 aromatic rings. The van der Waals surface area contributed by atoms with E-state index < -0.39 is 24.3 Å². The number of halogens is 2. The van der Waals surface area contributed by atoms with Gasteiger partial charge in [0.05, 0.1) is 17.9 Å². The first-order valence-electron chi connectivity index (χ1n) is 7.15. The van der Waals surface area contributed by atoms with E-state index in [-0.39, 0.29) is 10.6 Å². The van der Waals surface area contributed by atoms with E-state index >= 15 is 0 Å². The highest BCUT2D eigenvalue weighted by Crippen LogP contribution is 2.23. The molecule has 0 unspecified atom stereocenters. The summed E-state index contributed by atoms with van der Waals surface area (Å²) in [7, 11) is 0. The molecule has 24 heavy (non-hydrogen) atoms. The average molecular weight is 352 g/mol. The third-order valence-corrected chi connectivity index (χ3v) is 3.18. The first-order chi connectivity index (χ1) is 11.5. The van der Waals surface area contributed by atoms with Crippen LogP contribution in [0.25, 0.3) is 0 Å². The summed E-state index contributed by atoms with van der Waals surface area (Å²) in [4.78, 5) is 23.7. The van der Waals surface area contributed by atoms with Crippen LogP contribution in [0.3, 0.4) is 0 Å². The fourth-order valence-electron chi connectivity index (χ4n) is 1.90. The summed E-state index contributed by atoms with van der Waals surface area (Å²) in [6.45, 7) is 1.70. The number of ether oxygens (including phenoxy) is 2. The molecule has 0 atom stereocenters. The number of hydrogen-bond donors (Lipinski definition) is 1. The van der Waals surface area contributed by atoms with Crippen molar-refractivity contribution in [1.29, 1.82) is 0 Å². The Balaban J connectivity index is 1.96. The smallest absolute Gasteiger partial charge is 0.341 e. The Morgan fingerprint density at radius 2 is 1.96 bits per heavy atom. The maximum absolute atomic E-state index is 13.6. The van der Waals surface area contributed by atoms with Crippen LogP contribution >= 0.6 is 11.6 Å². The Kier molecular flexibility index (Phi) is 6.14. The molecule has 7 heteroatoms. The summed E-state index contributed by atoms with van der Waals surface area (Å²) in [5, 5.41) is 2.76. The van der Waals surface area contributed by atoms with Gasteiger partial charge in [-0.2, -0.15) is 0 Å². The number of carbonyl (C=O) groups is 2. The Morgan fingerprint density at radius 1 is 1.21 bits per heavy atom. The van der Waals surface area contributed by atoms with Gasteiger partial charge in [0, 0.05) is 5.02 Å². The van der Waals surface area contributed by atoms with E-state index in [1.54, 1.807) is 24.3 Å². The lowest BCUT2D eigenvalue weighted by molar-refractivity contribution is -0.119. The summed E-state index contributed by atoms with van der Waals surface area (Å²) < 4.78 is 23.7. The lowest BCUT2D eigenvalue weighted by atomic mass is 10.2. The van der Waals surface area contributed by atoms with E-state index in [1.165, 1.54) is 6.07 Å². The number of esters is 1. The maximum atomic E-state index is 13.6. The molecule has 5 nitrogen and oxygen atoms in total. The minimum absolute atomic E-state index is 0.193. The highest BCUT2D eigenvalue weighted by atomic mass is 35.5. The predicted octanol–water partition coefficient (Wildman–Crippen LogP) is 3.67. The van der Waals surface area contributed by atoms with Crippen molar-refractivity contribution in [2.45, 2.75) is 6.92 Å². The number of carbonyl (C=O) groups excluding carboxylic acids is 2. The van der Waals surface area contributed by atoms with Crippen LogP contribution in [-0.2, 0) is 9.53 Å². The van der Waals surface area contributed by atoms with Gasteiger partial charge < -0.3 is 14.8 Å². The Morgan fingerprint density at radius 3 is 2.71 bits per heavy atom. The van der Waals surface area contributed by atoms with Gasteiger partial charge in [-0.05, 0) is 37.3 Å². The molecule has 2 aromatic carbocycles. The number of rotatable bonds is 6. The zero-order chi connectivity index (χ0) is 17.5. The van der Waals surface area contributed by atoms with Crippen molar-refractivity contribution in [3.63, 3.8) is 0 Å². The van der Waals surface area contributed by atoms with Crippen molar-refractivity contribution in [1.82, 2.24) is 0 Å². The van der Waals surface area contributed by atoms with E-state index in [0.717, 1.165) is 12.1 Å². The second-order valence-corrected chi connectivity index (χ2v) is 5.11. The molecule has 0 aliphatic rings. The fourth-order valence-corrected chi connectivity index (χ4v) is 2.07. The summed E-state index contributed by atoms with van der Waals surface area (Å²) in [6, 6.07) is 10.4. The van der Waals surface area contributed by atoms with Gasteiger partial charge >= 0.3 is 5.97 Å². The van der Waals surface area contributed by atoms with E-state index in [9.17, 15) is 14.0 Å². The summed E-state index contributed by atoms with van der Waals surface area (Å²) >= 11 is 5.71. The molecular weight excluding hydrogens is 337 g/mol. The number of amides is 1. The van der Waals surface area contributed by atoms with Crippen LogP contribution in [0.4, 0.5) is 10.1 Å². The van der Waals surface area contributed by atoms with Crippen LogP contribution < -0.4 is 10.1 Å². The van der Waals surface area contributed by atoms with Gasteiger partial charge in [-0.1, -0.05) is 23.7 Å². The number of benzene rings is 2. The van der Waals surface area contributed by atoms with Crippen LogP contribution in [0.1, 0.15) is 17.3 Å². The third-order valence-electron chi connectivity index (χ3n) is 2.94. The molecule has 0 spiro atoms. The minimum atomic E-state index is -0.969. The standard InChI is InChI=1S/C17H15ClFNO4/c1-2-23-15-6-4-3-5-14(15)20-16(21)10-24-17(22)12-9-11(18)7-8-13(12)19/h3-9H,2,10H2,1H3,(H,20,21). The zero-order valence-electron chi connectivity index (χ0n) is 12.8. The highest BCUT2D eigenvalue weighted by Gasteiger charge is 2.16. The van der Waals surface area contributed by atoms with Crippen LogP contribution in [0, 0.1) is 5.82 Å². The van der Waals surface area contributed by atoms with Crippen LogP contribution in [0.15, 0.2) is 42.5 Å². The number of nitrogens with one attached hydrogen (secondary N) is 1. The molecule has 0 fully saturated rings. The summed E-state index contributed by atoms with van der Waals surface area (Å²) in [5.74, 6) is -1.81. The molecule has 0 saturated heterocycles. The zero-order valence-corrected chi connectivity index (χ0v) is 13.6. The maximum Gasteiger partial charge on any atom is 0.341 e. The molecule has 126 valence electrons. The molecule has 0 saturated carbocycles. The van der Waals surface area contributed by atoms with Crippen molar-refractivity contribution in [3.8, 4) is 5.75 Å². The molecule has 0 bridgehead atoms. The molecule has 0 aliphatic carbocycles. The largest absolute Gasteiger partial charge is 0.492 e. The summed E-state index contributed by atoms with van der Waals surface area (Å²) in [5.41, 5.74) is 0.124. The third kappa shape index (κ3) is 4.70. The van der Waals surface area contributed by atoms with Crippen molar-refractivity contribution in [2.24, 2.45) is 0 Å². The van der Waals surface area contributed by atoms with Gasteiger partial charge in [0.25, 0.3) is 5.91 Å². The molecule has 0 heterocycles. The minimum Gasteiger partial charge on any atom is -0.492 e. The molecular formula is C17H15ClFNO4. The topological polar surface area (TPSA) is 64.6 Å².